The van der Waals surface area contributed by atoms with E-state index in [0.717, 1.165) is 13.0 Å². The summed E-state index contributed by atoms with van der Waals surface area (Å²) in [6, 6.07) is 0.207. The molecule has 3 heteroatoms. The van der Waals surface area contributed by atoms with Gasteiger partial charge in [-0.1, -0.05) is 19.8 Å². The summed E-state index contributed by atoms with van der Waals surface area (Å²) in [6.45, 7) is 3.16. The van der Waals surface area contributed by atoms with Crippen molar-refractivity contribution in [2.24, 2.45) is 11.7 Å². The van der Waals surface area contributed by atoms with Crippen LogP contribution >= 0.6 is 0 Å². The first kappa shape index (κ1) is 10.7. The fourth-order valence-electron chi connectivity index (χ4n) is 2.49. The van der Waals surface area contributed by atoms with Gasteiger partial charge in [-0.3, -0.25) is 4.68 Å². The van der Waals surface area contributed by atoms with Gasteiger partial charge in [-0.05, 0) is 25.2 Å². The Morgan fingerprint density at radius 1 is 1.53 bits per heavy atom. The lowest BCUT2D eigenvalue weighted by Gasteiger charge is -2.16. The Labute approximate surface area is 91.7 Å². The van der Waals surface area contributed by atoms with Gasteiger partial charge in [0.25, 0.3) is 0 Å². The number of nitrogens with two attached hydrogens (primary N) is 1. The predicted octanol–water partition coefficient (Wildman–Crippen LogP) is 2.48. The average molecular weight is 207 g/mol. The van der Waals surface area contributed by atoms with Gasteiger partial charge in [0, 0.05) is 24.3 Å². The van der Waals surface area contributed by atoms with Crippen LogP contribution < -0.4 is 5.73 Å². The lowest BCUT2D eigenvalue weighted by molar-refractivity contribution is 0.444. The molecule has 0 aliphatic heterocycles. The molecule has 15 heavy (non-hydrogen) atoms. The highest BCUT2D eigenvalue weighted by Gasteiger charge is 2.23. The predicted molar refractivity (Wildman–Crippen MR) is 61.4 cm³/mol. The molecule has 1 aliphatic carbocycles. The van der Waals surface area contributed by atoms with Gasteiger partial charge in [0.05, 0.1) is 6.20 Å². The Morgan fingerprint density at radius 2 is 2.27 bits per heavy atom. The highest BCUT2D eigenvalue weighted by molar-refractivity contribution is 5.11. The summed E-state index contributed by atoms with van der Waals surface area (Å²) in [6.07, 6.45) is 10.5. The summed E-state index contributed by atoms with van der Waals surface area (Å²) in [5, 5.41) is 4.34. The Bertz CT molecular complexity index is 300. The van der Waals surface area contributed by atoms with Gasteiger partial charge in [-0.2, -0.15) is 5.10 Å². The number of nitrogens with zero attached hydrogens (tertiary/aromatic N) is 2. The number of aromatic nitrogens is 2. The molecule has 1 aliphatic rings. The van der Waals surface area contributed by atoms with E-state index in [1.54, 1.807) is 0 Å². The zero-order chi connectivity index (χ0) is 10.7. The van der Waals surface area contributed by atoms with E-state index in [4.69, 9.17) is 5.73 Å². The summed E-state index contributed by atoms with van der Waals surface area (Å²) >= 11 is 0. The van der Waals surface area contributed by atoms with Crippen LogP contribution in [-0.2, 0) is 6.54 Å². The monoisotopic (exact) mass is 207 g/mol. The van der Waals surface area contributed by atoms with Crippen molar-refractivity contribution in [1.82, 2.24) is 9.78 Å². The topological polar surface area (TPSA) is 43.8 Å². The Kier molecular flexibility index (Phi) is 3.41. The molecule has 0 aromatic carbocycles. The molecule has 1 heterocycles. The lowest BCUT2D eigenvalue weighted by Crippen LogP contribution is -2.18. The van der Waals surface area contributed by atoms with Crippen molar-refractivity contribution >= 4 is 0 Å². The number of rotatable bonds is 4. The maximum Gasteiger partial charge on any atom is 0.0537 e. The van der Waals surface area contributed by atoms with Crippen LogP contribution in [0, 0.1) is 5.92 Å². The van der Waals surface area contributed by atoms with Gasteiger partial charge in [0.15, 0.2) is 0 Å². The third-order valence-electron chi connectivity index (χ3n) is 3.40. The summed E-state index contributed by atoms with van der Waals surface area (Å²) in [4.78, 5) is 0. The van der Waals surface area contributed by atoms with Gasteiger partial charge in [0.1, 0.15) is 0 Å². The van der Waals surface area contributed by atoms with Gasteiger partial charge in [-0.25, -0.2) is 0 Å². The Hall–Kier alpha value is -0.830. The van der Waals surface area contributed by atoms with Gasteiger partial charge >= 0.3 is 0 Å². The Balaban J connectivity index is 2.00. The van der Waals surface area contributed by atoms with E-state index >= 15 is 0 Å². The quantitative estimate of drug-likeness (QED) is 0.824. The van der Waals surface area contributed by atoms with Crippen LogP contribution in [0.2, 0.25) is 0 Å². The summed E-state index contributed by atoms with van der Waals surface area (Å²) in [7, 11) is 0. The fraction of sp³-hybridized carbons (Fsp3) is 0.750. The third-order valence-corrected chi connectivity index (χ3v) is 3.40. The molecule has 0 bridgehead atoms. The second-order valence-corrected chi connectivity index (χ2v) is 4.61. The summed E-state index contributed by atoms with van der Waals surface area (Å²) in [5.74, 6) is 0.685. The first-order valence-corrected chi connectivity index (χ1v) is 6.09. The zero-order valence-corrected chi connectivity index (χ0v) is 9.52. The van der Waals surface area contributed by atoms with E-state index in [-0.39, 0.29) is 6.04 Å². The van der Waals surface area contributed by atoms with Crippen LogP contribution in [0.3, 0.4) is 0 Å². The Morgan fingerprint density at radius 3 is 2.93 bits per heavy atom. The second kappa shape index (κ2) is 4.79. The second-order valence-electron chi connectivity index (χ2n) is 4.61. The van der Waals surface area contributed by atoms with Crippen LogP contribution in [0.4, 0.5) is 0 Å². The maximum absolute atomic E-state index is 6.26. The smallest absolute Gasteiger partial charge is 0.0537 e. The number of hydrogen-bond donors (Lipinski definition) is 1. The molecule has 1 aromatic rings. The van der Waals surface area contributed by atoms with E-state index in [9.17, 15) is 0 Å². The van der Waals surface area contributed by atoms with Crippen LogP contribution in [0.5, 0.6) is 0 Å². The minimum Gasteiger partial charge on any atom is -0.324 e. The summed E-state index contributed by atoms with van der Waals surface area (Å²) in [5.41, 5.74) is 7.47. The SMILES string of the molecule is CCCn1cc(C(N)C2CCCC2)cn1. The van der Waals surface area contributed by atoms with Gasteiger partial charge in [0.2, 0.25) is 0 Å². The van der Waals surface area contributed by atoms with E-state index in [2.05, 4.69) is 18.2 Å². The van der Waals surface area contributed by atoms with Crippen molar-refractivity contribution < 1.29 is 0 Å². The van der Waals surface area contributed by atoms with Crippen molar-refractivity contribution in [2.45, 2.75) is 51.6 Å². The van der Waals surface area contributed by atoms with Crippen molar-refractivity contribution in [3.8, 4) is 0 Å². The van der Waals surface area contributed by atoms with Crippen LogP contribution in [0.1, 0.15) is 50.6 Å². The molecule has 1 fully saturated rings. The van der Waals surface area contributed by atoms with Crippen LogP contribution in [0.25, 0.3) is 0 Å². The number of aryl methyl sites for hydroxylation is 1. The molecule has 2 N–H and O–H groups in total. The first-order chi connectivity index (χ1) is 7.31. The van der Waals surface area contributed by atoms with Gasteiger partial charge in [-0.15, -0.1) is 0 Å². The molecule has 0 saturated heterocycles. The zero-order valence-electron chi connectivity index (χ0n) is 9.52. The standard InChI is InChI=1S/C12H21N3/c1-2-7-15-9-11(8-14-15)12(13)10-5-3-4-6-10/h8-10,12H,2-7,13H2,1H3. The van der Waals surface area contributed by atoms with E-state index in [1.807, 2.05) is 10.9 Å². The molecule has 1 unspecified atom stereocenters. The molecule has 84 valence electrons. The van der Waals surface area contributed by atoms with Crippen molar-refractivity contribution in [3.63, 3.8) is 0 Å². The van der Waals surface area contributed by atoms with Crippen molar-refractivity contribution in [2.75, 3.05) is 0 Å². The molecule has 0 radical (unpaired) electrons. The normalized spacial score (nSPS) is 19.6. The largest absolute Gasteiger partial charge is 0.324 e. The molecule has 1 atom stereocenters. The minimum absolute atomic E-state index is 0.207. The molecule has 1 aromatic heterocycles. The molecular weight excluding hydrogens is 186 g/mol. The molecule has 0 amide bonds. The molecule has 3 nitrogen and oxygen atoms in total. The lowest BCUT2D eigenvalue weighted by atomic mass is 9.95. The maximum atomic E-state index is 6.26. The van der Waals surface area contributed by atoms with E-state index < -0.39 is 0 Å². The molecule has 0 spiro atoms. The molecule has 1 saturated carbocycles. The van der Waals surface area contributed by atoms with Crippen molar-refractivity contribution in [1.29, 1.82) is 0 Å². The minimum atomic E-state index is 0.207. The molecule has 2 rings (SSSR count). The van der Waals surface area contributed by atoms with Crippen LogP contribution in [0.15, 0.2) is 12.4 Å². The van der Waals surface area contributed by atoms with Crippen LogP contribution in [-0.4, -0.2) is 9.78 Å². The fourth-order valence-corrected chi connectivity index (χ4v) is 2.49. The molecular formula is C12H21N3. The van der Waals surface area contributed by atoms with Crippen molar-refractivity contribution in [3.05, 3.63) is 18.0 Å². The van der Waals surface area contributed by atoms with E-state index in [1.165, 1.54) is 31.2 Å². The summed E-state index contributed by atoms with van der Waals surface area (Å²) < 4.78 is 2.00. The highest BCUT2D eigenvalue weighted by atomic mass is 15.3. The number of hydrogen-bond acceptors (Lipinski definition) is 2. The first-order valence-electron chi connectivity index (χ1n) is 6.09. The third kappa shape index (κ3) is 2.40. The van der Waals surface area contributed by atoms with E-state index in [0.29, 0.717) is 5.92 Å². The van der Waals surface area contributed by atoms with Gasteiger partial charge < -0.3 is 5.73 Å². The highest BCUT2D eigenvalue weighted by Crippen LogP contribution is 2.33. The average Bonchev–Trinajstić information content (AvgIpc) is 2.87.